The van der Waals surface area contributed by atoms with E-state index in [4.69, 9.17) is 16.3 Å². The predicted octanol–water partition coefficient (Wildman–Crippen LogP) is 5.44. The third kappa shape index (κ3) is 3.81. The summed E-state index contributed by atoms with van der Waals surface area (Å²) in [6, 6.07) is 18.8. The zero-order valence-electron chi connectivity index (χ0n) is 15.0. The van der Waals surface area contributed by atoms with Gasteiger partial charge in [-0.25, -0.2) is 12.8 Å². The van der Waals surface area contributed by atoms with E-state index in [1.807, 2.05) is 30.3 Å². The van der Waals surface area contributed by atoms with E-state index < -0.39 is 15.7 Å². The molecule has 4 aromatic rings. The second-order valence-corrected chi connectivity index (χ2v) is 8.64. The smallest absolute Gasteiger partial charge is 0.207 e. The van der Waals surface area contributed by atoms with Gasteiger partial charge in [-0.05, 0) is 48.0 Å². The highest BCUT2D eigenvalue weighted by Gasteiger charge is 2.24. The van der Waals surface area contributed by atoms with Crippen LogP contribution in [0.25, 0.3) is 10.9 Å². The van der Waals surface area contributed by atoms with Gasteiger partial charge in [0.1, 0.15) is 17.9 Å². The fourth-order valence-electron chi connectivity index (χ4n) is 2.99. The lowest BCUT2D eigenvalue weighted by molar-refractivity contribution is 0.309. The molecule has 0 saturated carbocycles. The molecule has 0 spiro atoms. The van der Waals surface area contributed by atoms with Crippen LogP contribution < -0.4 is 4.74 Å². The van der Waals surface area contributed by atoms with E-state index in [9.17, 15) is 12.8 Å². The molecule has 7 heteroatoms. The average molecular weight is 428 g/mol. The molecule has 0 N–H and O–H groups in total. The molecule has 0 aliphatic heterocycles. The topological polar surface area (TPSA) is 56.3 Å². The van der Waals surface area contributed by atoms with Crippen molar-refractivity contribution in [3.05, 3.63) is 95.4 Å². The Kier molecular flexibility index (Phi) is 5.22. The van der Waals surface area contributed by atoms with Gasteiger partial charge < -0.3 is 4.74 Å². The highest BCUT2D eigenvalue weighted by atomic mass is 35.5. The Hall–Kier alpha value is -2.96. The Labute approximate surface area is 172 Å². The largest absolute Gasteiger partial charge is 0.485 e. The summed E-state index contributed by atoms with van der Waals surface area (Å²) in [5.41, 5.74) is 1.28. The Morgan fingerprint density at radius 1 is 0.966 bits per heavy atom. The number of benzene rings is 3. The summed E-state index contributed by atoms with van der Waals surface area (Å²) in [5.74, 6) is -0.206. The lowest BCUT2D eigenvalue weighted by Crippen LogP contribution is -2.05. The van der Waals surface area contributed by atoms with E-state index in [2.05, 4.69) is 4.98 Å². The van der Waals surface area contributed by atoms with Gasteiger partial charge in [0.05, 0.1) is 14.8 Å². The third-order valence-corrected chi connectivity index (χ3v) is 6.49. The number of rotatable bonds is 5. The maximum absolute atomic E-state index is 13.2. The van der Waals surface area contributed by atoms with Crippen molar-refractivity contribution in [3.8, 4) is 5.75 Å². The molecular formula is C22H15ClFNO3S. The Bertz CT molecular complexity index is 1280. The van der Waals surface area contributed by atoms with Gasteiger partial charge in [-0.2, -0.15) is 0 Å². The number of hydrogen-bond donors (Lipinski definition) is 0. The van der Waals surface area contributed by atoms with Gasteiger partial charge in [-0.1, -0.05) is 41.9 Å². The first-order chi connectivity index (χ1) is 14.0. The number of fused-ring (bicyclic) bond motifs is 1. The first-order valence-electron chi connectivity index (χ1n) is 8.71. The Morgan fingerprint density at radius 3 is 2.41 bits per heavy atom. The van der Waals surface area contributed by atoms with Gasteiger partial charge in [0.15, 0.2) is 5.75 Å². The van der Waals surface area contributed by atoms with Crippen molar-refractivity contribution in [1.82, 2.24) is 4.98 Å². The summed E-state index contributed by atoms with van der Waals surface area (Å²) in [7, 11) is -3.94. The van der Waals surface area contributed by atoms with Gasteiger partial charge in [0.2, 0.25) is 9.84 Å². The molecule has 4 nitrogen and oxygen atoms in total. The normalized spacial score (nSPS) is 11.5. The first-order valence-corrected chi connectivity index (χ1v) is 10.6. The lowest BCUT2D eigenvalue weighted by atomic mass is 10.2. The molecular weight excluding hydrogens is 413 g/mol. The Balaban J connectivity index is 1.82. The standard InChI is InChI=1S/C22H15ClFNO3S/c23-19-13-20(29(26,27)17-10-8-16(24)9-11-17)18-7-4-12-25-21(18)22(19)28-14-15-5-2-1-3-6-15/h1-13H,14H2. The summed E-state index contributed by atoms with van der Waals surface area (Å²) in [4.78, 5) is 4.26. The number of pyridine rings is 1. The van der Waals surface area contributed by atoms with E-state index >= 15 is 0 Å². The van der Waals surface area contributed by atoms with Crippen LogP contribution in [0.15, 0.2) is 88.8 Å². The number of aromatic nitrogens is 1. The maximum Gasteiger partial charge on any atom is 0.207 e. The van der Waals surface area contributed by atoms with Crippen LogP contribution in [0.2, 0.25) is 5.02 Å². The monoisotopic (exact) mass is 427 g/mol. The molecule has 0 unspecified atom stereocenters. The van der Waals surface area contributed by atoms with Crippen LogP contribution in [-0.4, -0.2) is 13.4 Å². The lowest BCUT2D eigenvalue weighted by Gasteiger charge is -2.14. The van der Waals surface area contributed by atoms with Gasteiger partial charge >= 0.3 is 0 Å². The molecule has 0 aliphatic carbocycles. The Morgan fingerprint density at radius 2 is 1.69 bits per heavy atom. The maximum atomic E-state index is 13.2. The van der Waals surface area contributed by atoms with Crippen LogP contribution in [0.4, 0.5) is 4.39 Å². The highest BCUT2D eigenvalue weighted by Crippen LogP contribution is 2.38. The molecule has 1 heterocycles. The van der Waals surface area contributed by atoms with E-state index in [0.717, 1.165) is 17.7 Å². The molecule has 0 fully saturated rings. The number of halogens is 2. The van der Waals surface area contributed by atoms with Crippen LogP contribution in [-0.2, 0) is 16.4 Å². The predicted molar refractivity (Wildman–Crippen MR) is 109 cm³/mol. The van der Waals surface area contributed by atoms with Gasteiger partial charge in [0, 0.05) is 11.6 Å². The second-order valence-electron chi connectivity index (χ2n) is 6.32. The number of sulfone groups is 1. The molecule has 0 amide bonds. The van der Waals surface area contributed by atoms with Crippen LogP contribution in [0.1, 0.15) is 5.56 Å². The molecule has 0 bridgehead atoms. The zero-order chi connectivity index (χ0) is 20.4. The van der Waals surface area contributed by atoms with Crippen LogP contribution in [0.5, 0.6) is 5.75 Å². The van der Waals surface area contributed by atoms with E-state index in [1.165, 1.54) is 18.2 Å². The van der Waals surface area contributed by atoms with Crippen molar-refractivity contribution in [3.63, 3.8) is 0 Å². The van der Waals surface area contributed by atoms with E-state index in [0.29, 0.717) is 16.7 Å². The third-order valence-electron chi connectivity index (χ3n) is 4.40. The zero-order valence-corrected chi connectivity index (χ0v) is 16.6. The fourth-order valence-corrected chi connectivity index (χ4v) is 4.78. The van der Waals surface area contributed by atoms with Gasteiger partial charge in [-0.15, -0.1) is 0 Å². The van der Waals surface area contributed by atoms with Crippen molar-refractivity contribution in [1.29, 1.82) is 0 Å². The summed E-state index contributed by atoms with van der Waals surface area (Å²) in [5, 5.41) is 0.511. The fraction of sp³-hybridized carbons (Fsp3) is 0.0455. The van der Waals surface area contributed by atoms with Crippen molar-refractivity contribution >= 4 is 32.3 Å². The van der Waals surface area contributed by atoms with Crippen LogP contribution in [0.3, 0.4) is 0 Å². The molecule has 0 radical (unpaired) electrons. The molecule has 0 atom stereocenters. The molecule has 0 saturated heterocycles. The quantitative estimate of drug-likeness (QED) is 0.398. The SMILES string of the molecule is O=S(=O)(c1ccc(F)cc1)c1cc(Cl)c(OCc2ccccc2)c2ncccc12. The minimum absolute atomic E-state index is 0.00994. The van der Waals surface area contributed by atoms with Crippen molar-refractivity contribution in [2.45, 2.75) is 16.4 Å². The highest BCUT2D eigenvalue weighted by molar-refractivity contribution is 7.91. The average Bonchev–Trinajstić information content (AvgIpc) is 2.73. The molecule has 1 aromatic heterocycles. The molecule has 146 valence electrons. The van der Waals surface area contributed by atoms with Crippen LogP contribution in [0, 0.1) is 5.82 Å². The number of hydrogen-bond acceptors (Lipinski definition) is 4. The number of nitrogens with zero attached hydrogens (tertiary/aromatic N) is 1. The van der Waals surface area contributed by atoms with Gasteiger partial charge in [0.25, 0.3) is 0 Å². The minimum atomic E-state index is -3.94. The van der Waals surface area contributed by atoms with Crippen molar-refractivity contribution in [2.75, 3.05) is 0 Å². The van der Waals surface area contributed by atoms with Crippen molar-refractivity contribution < 1.29 is 17.5 Å². The summed E-state index contributed by atoms with van der Waals surface area (Å²) in [6.45, 7) is 0.260. The van der Waals surface area contributed by atoms with Crippen molar-refractivity contribution in [2.24, 2.45) is 0 Å². The molecule has 4 rings (SSSR count). The van der Waals surface area contributed by atoms with Gasteiger partial charge in [-0.3, -0.25) is 4.98 Å². The summed E-state index contributed by atoms with van der Waals surface area (Å²) in [6.07, 6.45) is 1.54. The molecule has 29 heavy (non-hydrogen) atoms. The molecule has 3 aromatic carbocycles. The van der Waals surface area contributed by atoms with E-state index in [-0.39, 0.29) is 21.4 Å². The first kappa shape index (κ1) is 19.4. The second kappa shape index (κ2) is 7.81. The summed E-state index contributed by atoms with van der Waals surface area (Å²) < 4.78 is 45.4. The number of ether oxygens (including phenoxy) is 1. The van der Waals surface area contributed by atoms with Crippen LogP contribution >= 0.6 is 11.6 Å². The summed E-state index contributed by atoms with van der Waals surface area (Å²) >= 11 is 6.40. The molecule has 0 aliphatic rings. The minimum Gasteiger partial charge on any atom is -0.485 e. The van der Waals surface area contributed by atoms with E-state index in [1.54, 1.807) is 18.3 Å².